The largest absolute Gasteiger partial charge is 0.345 e. The number of para-hydroxylation sites is 1. The maximum absolute atomic E-state index is 14.3. The van der Waals surface area contributed by atoms with Crippen molar-refractivity contribution < 1.29 is 18.6 Å². The quantitative estimate of drug-likeness (QED) is 0.314. The van der Waals surface area contributed by atoms with Gasteiger partial charge in [0.05, 0.1) is 22.8 Å². The zero-order valence-electron chi connectivity index (χ0n) is 19.9. The standard InChI is InChI=1S/C26H19ClFN7O3/c1-15-22(34-38-33-15)14-30-26(37)21-13-23(35(32-21)17-6-3-2-4-7-17)31-25(36)18-12-16(9-10-19(18)27)24-20(28)8-5-11-29-24/h2-13H,14H2,1H3,(H,30,37)(H,31,36). The zero-order chi connectivity index (χ0) is 26.6. The van der Waals surface area contributed by atoms with Crippen LogP contribution in [0.3, 0.4) is 0 Å². The number of anilines is 1. The van der Waals surface area contributed by atoms with Crippen molar-refractivity contribution in [3.8, 4) is 16.9 Å². The van der Waals surface area contributed by atoms with Crippen LogP contribution in [0.25, 0.3) is 16.9 Å². The number of nitrogens with one attached hydrogen (secondary N) is 2. The average molecular weight is 532 g/mol. The summed E-state index contributed by atoms with van der Waals surface area (Å²) in [4.78, 5) is 30.2. The number of carbonyl (C=O) groups is 2. The van der Waals surface area contributed by atoms with Crippen LogP contribution in [0.4, 0.5) is 10.2 Å². The fraction of sp³-hybridized carbons (Fsp3) is 0.0769. The van der Waals surface area contributed by atoms with Gasteiger partial charge in [-0.15, -0.1) is 0 Å². The van der Waals surface area contributed by atoms with E-state index in [9.17, 15) is 14.0 Å². The number of nitrogens with zero attached hydrogens (tertiary/aromatic N) is 5. The zero-order valence-corrected chi connectivity index (χ0v) is 20.6. The van der Waals surface area contributed by atoms with Crippen molar-refractivity contribution in [3.05, 3.63) is 106 Å². The Labute approximate surface area is 220 Å². The first-order valence-corrected chi connectivity index (χ1v) is 11.7. The van der Waals surface area contributed by atoms with Crippen molar-refractivity contribution in [3.63, 3.8) is 0 Å². The Hall–Kier alpha value is -4.90. The fourth-order valence-corrected chi connectivity index (χ4v) is 3.84. The first kappa shape index (κ1) is 24.8. The van der Waals surface area contributed by atoms with Crippen molar-refractivity contribution in [1.82, 2.24) is 30.4 Å². The third kappa shape index (κ3) is 5.13. The van der Waals surface area contributed by atoms with Crippen molar-refractivity contribution in [2.45, 2.75) is 13.5 Å². The second kappa shape index (κ2) is 10.6. The second-order valence-electron chi connectivity index (χ2n) is 8.12. The van der Waals surface area contributed by atoms with Gasteiger partial charge < -0.3 is 10.6 Å². The highest BCUT2D eigenvalue weighted by Crippen LogP contribution is 2.27. The van der Waals surface area contributed by atoms with Gasteiger partial charge in [0.25, 0.3) is 11.8 Å². The van der Waals surface area contributed by atoms with Crippen LogP contribution in [0.2, 0.25) is 5.02 Å². The molecule has 0 aliphatic heterocycles. The van der Waals surface area contributed by atoms with Crippen LogP contribution >= 0.6 is 11.6 Å². The molecule has 2 aromatic carbocycles. The minimum Gasteiger partial charge on any atom is -0.345 e. The van der Waals surface area contributed by atoms with E-state index in [1.54, 1.807) is 37.3 Å². The minimum atomic E-state index is -0.582. The van der Waals surface area contributed by atoms with Crippen LogP contribution in [-0.2, 0) is 6.54 Å². The van der Waals surface area contributed by atoms with Gasteiger partial charge in [0.15, 0.2) is 5.69 Å². The van der Waals surface area contributed by atoms with E-state index in [-0.39, 0.29) is 34.3 Å². The van der Waals surface area contributed by atoms with Crippen LogP contribution in [0.1, 0.15) is 32.2 Å². The summed E-state index contributed by atoms with van der Waals surface area (Å²) < 4.78 is 20.4. The summed E-state index contributed by atoms with van der Waals surface area (Å²) in [5.74, 6) is -1.39. The first-order chi connectivity index (χ1) is 18.4. The molecule has 0 saturated carbocycles. The number of amides is 2. The van der Waals surface area contributed by atoms with Crippen LogP contribution < -0.4 is 10.6 Å². The van der Waals surface area contributed by atoms with E-state index < -0.39 is 17.6 Å². The molecule has 0 aliphatic rings. The summed E-state index contributed by atoms with van der Waals surface area (Å²) in [6.07, 6.45) is 1.46. The van der Waals surface area contributed by atoms with Crippen molar-refractivity contribution in [2.75, 3.05) is 5.32 Å². The van der Waals surface area contributed by atoms with Crippen LogP contribution in [0.5, 0.6) is 0 Å². The molecular weight excluding hydrogens is 513 g/mol. The lowest BCUT2D eigenvalue weighted by atomic mass is 10.1. The third-order valence-corrected chi connectivity index (χ3v) is 5.92. The molecule has 0 aliphatic carbocycles. The topological polar surface area (TPSA) is 128 Å². The van der Waals surface area contributed by atoms with E-state index in [1.807, 2.05) is 6.07 Å². The van der Waals surface area contributed by atoms with Crippen molar-refractivity contribution >= 4 is 29.2 Å². The summed E-state index contributed by atoms with van der Waals surface area (Å²) in [6.45, 7) is 1.79. The Kier molecular flexibility index (Phi) is 6.92. The number of carbonyl (C=O) groups excluding carboxylic acids is 2. The summed E-state index contributed by atoms with van der Waals surface area (Å²) in [5, 5.41) is 17.4. The second-order valence-corrected chi connectivity index (χ2v) is 8.53. The number of aryl methyl sites for hydroxylation is 1. The molecule has 2 amide bonds. The maximum Gasteiger partial charge on any atom is 0.272 e. The molecule has 12 heteroatoms. The normalized spacial score (nSPS) is 10.8. The fourth-order valence-electron chi connectivity index (χ4n) is 3.64. The van der Waals surface area contributed by atoms with E-state index in [0.717, 1.165) is 0 Å². The van der Waals surface area contributed by atoms with Gasteiger partial charge in [-0.25, -0.2) is 13.7 Å². The van der Waals surface area contributed by atoms with Crippen LogP contribution in [0.15, 0.2) is 77.6 Å². The molecule has 3 heterocycles. The summed E-state index contributed by atoms with van der Waals surface area (Å²) >= 11 is 6.32. The number of pyridine rings is 1. The van der Waals surface area contributed by atoms with Gasteiger partial charge in [-0.2, -0.15) is 5.10 Å². The molecule has 0 radical (unpaired) electrons. The molecule has 38 heavy (non-hydrogen) atoms. The van der Waals surface area contributed by atoms with Gasteiger partial charge in [-0.05, 0) is 43.3 Å². The van der Waals surface area contributed by atoms with E-state index in [2.05, 4.69) is 35.7 Å². The summed E-state index contributed by atoms with van der Waals surface area (Å²) in [5.41, 5.74) is 2.25. The molecule has 3 aromatic heterocycles. The number of hydrogen-bond donors (Lipinski definition) is 2. The molecule has 5 aromatic rings. The molecule has 0 bridgehead atoms. The number of halogens is 2. The van der Waals surface area contributed by atoms with Crippen LogP contribution in [0, 0.1) is 12.7 Å². The van der Waals surface area contributed by atoms with Gasteiger partial charge >= 0.3 is 0 Å². The lowest BCUT2D eigenvalue weighted by molar-refractivity contribution is 0.0943. The van der Waals surface area contributed by atoms with E-state index >= 15 is 0 Å². The van der Waals surface area contributed by atoms with Gasteiger partial charge in [0, 0.05) is 17.8 Å². The lowest BCUT2D eigenvalue weighted by Crippen LogP contribution is -2.24. The SMILES string of the molecule is Cc1nonc1CNC(=O)c1cc(NC(=O)c2cc(-c3ncccc3F)ccc2Cl)n(-c2ccccc2)n1. The van der Waals surface area contributed by atoms with E-state index in [1.165, 1.54) is 41.2 Å². The molecular formula is C26H19ClFN7O3. The first-order valence-electron chi connectivity index (χ1n) is 11.3. The number of aromatic nitrogens is 5. The number of rotatable bonds is 7. The van der Waals surface area contributed by atoms with E-state index in [4.69, 9.17) is 11.6 Å². The minimum absolute atomic E-state index is 0.0497. The Morgan fingerprint density at radius 3 is 2.58 bits per heavy atom. The lowest BCUT2D eigenvalue weighted by Gasteiger charge is -2.11. The summed E-state index contributed by atoms with van der Waals surface area (Å²) in [6, 6.07) is 17.7. The summed E-state index contributed by atoms with van der Waals surface area (Å²) in [7, 11) is 0. The predicted octanol–water partition coefficient (Wildman–Crippen LogP) is 4.60. The van der Waals surface area contributed by atoms with Gasteiger partial charge in [-0.1, -0.05) is 46.2 Å². The monoisotopic (exact) mass is 531 g/mol. The van der Waals surface area contributed by atoms with Gasteiger partial charge in [0.1, 0.15) is 28.7 Å². The molecule has 0 atom stereocenters. The Bertz CT molecular complexity index is 1640. The predicted molar refractivity (Wildman–Crippen MR) is 136 cm³/mol. The highest BCUT2D eigenvalue weighted by Gasteiger charge is 2.20. The Morgan fingerprint density at radius 2 is 1.84 bits per heavy atom. The third-order valence-electron chi connectivity index (χ3n) is 5.59. The number of benzene rings is 2. The van der Waals surface area contributed by atoms with Crippen molar-refractivity contribution in [1.29, 1.82) is 0 Å². The van der Waals surface area contributed by atoms with Crippen molar-refractivity contribution in [2.24, 2.45) is 0 Å². The average Bonchev–Trinajstić information content (AvgIpc) is 3.54. The highest BCUT2D eigenvalue weighted by atomic mass is 35.5. The molecule has 190 valence electrons. The molecule has 0 spiro atoms. The Morgan fingerprint density at radius 1 is 1.03 bits per heavy atom. The Balaban J connectivity index is 1.44. The highest BCUT2D eigenvalue weighted by molar-refractivity contribution is 6.34. The number of hydrogen-bond acceptors (Lipinski definition) is 7. The van der Waals surface area contributed by atoms with Crippen LogP contribution in [-0.4, -0.2) is 36.9 Å². The van der Waals surface area contributed by atoms with Gasteiger partial charge in [-0.3, -0.25) is 14.6 Å². The molecule has 2 N–H and O–H groups in total. The molecule has 5 rings (SSSR count). The molecule has 10 nitrogen and oxygen atoms in total. The molecule has 0 fully saturated rings. The smallest absolute Gasteiger partial charge is 0.272 e. The molecule has 0 saturated heterocycles. The van der Waals surface area contributed by atoms with Gasteiger partial charge in [0.2, 0.25) is 0 Å². The van der Waals surface area contributed by atoms with E-state index in [0.29, 0.717) is 22.6 Å². The molecule has 0 unspecified atom stereocenters. The maximum atomic E-state index is 14.3.